The molecular weight excluding hydrogens is 414 g/mol. The van der Waals surface area contributed by atoms with Crippen LogP contribution in [0.5, 0.6) is 11.5 Å². The molecule has 2 aromatic carbocycles. The molecule has 0 fully saturated rings. The number of ether oxygens (including phenoxy) is 2. The second-order valence-corrected chi connectivity index (χ2v) is 6.80. The van der Waals surface area contributed by atoms with Gasteiger partial charge in [-0.05, 0) is 31.3 Å². The molecule has 2 N–H and O–H groups in total. The van der Waals surface area contributed by atoms with Crippen molar-refractivity contribution >= 4 is 23.8 Å². The van der Waals surface area contributed by atoms with Gasteiger partial charge in [-0.3, -0.25) is 14.5 Å². The highest BCUT2D eigenvalue weighted by atomic mass is 32.1. The number of nitrogens with zero attached hydrogens (tertiary/aromatic N) is 2. The van der Waals surface area contributed by atoms with Crippen molar-refractivity contribution in [1.82, 2.24) is 14.8 Å². The lowest BCUT2D eigenvalue weighted by Gasteiger charge is -2.12. The molecule has 0 radical (unpaired) electrons. The molecule has 3 aromatic rings. The molecule has 0 atom stereocenters. The van der Waals surface area contributed by atoms with Crippen molar-refractivity contribution in [1.29, 1.82) is 0 Å². The second-order valence-electron chi connectivity index (χ2n) is 6.41. The number of anilines is 1. The van der Waals surface area contributed by atoms with Crippen LogP contribution < -0.4 is 14.8 Å². The van der Waals surface area contributed by atoms with Crippen LogP contribution >= 0.6 is 12.2 Å². The van der Waals surface area contributed by atoms with E-state index in [2.05, 4.69) is 20.3 Å². The molecule has 0 saturated heterocycles. The van der Waals surface area contributed by atoms with Crippen molar-refractivity contribution in [2.45, 2.75) is 26.5 Å². The van der Waals surface area contributed by atoms with Crippen LogP contribution in [0.15, 0.2) is 42.5 Å². The van der Waals surface area contributed by atoms with Gasteiger partial charge in [0.2, 0.25) is 5.91 Å². The Morgan fingerprint density at radius 3 is 2.63 bits per heavy atom. The normalized spacial score (nSPS) is 10.8. The third kappa shape index (κ3) is 5.20. The molecule has 0 spiro atoms. The van der Waals surface area contributed by atoms with Crippen LogP contribution in [0.1, 0.15) is 12.0 Å². The number of aromatic nitrogens is 3. The summed E-state index contributed by atoms with van der Waals surface area (Å²) < 4.78 is 36.7. The number of aromatic amines is 1. The van der Waals surface area contributed by atoms with Gasteiger partial charge in [-0.1, -0.05) is 29.8 Å². The second kappa shape index (κ2) is 9.49. The third-order valence-electron chi connectivity index (χ3n) is 4.29. The Kier molecular flexibility index (Phi) is 6.78. The molecule has 0 bridgehead atoms. The number of carbonyl (C=O) groups excluding carboxylic acids is 1. The third-order valence-corrected chi connectivity index (χ3v) is 4.61. The van der Waals surface area contributed by atoms with Crippen molar-refractivity contribution in [2.24, 2.45) is 0 Å². The number of hydrogen-bond donors (Lipinski definition) is 2. The first-order valence-electron chi connectivity index (χ1n) is 9.02. The average Bonchev–Trinajstić information content (AvgIpc) is 3.07. The van der Waals surface area contributed by atoms with Crippen LogP contribution in [-0.2, 0) is 11.3 Å². The van der Waals surface area contributed by atoms with Gasteiger partial charge >= 0.3 is 6.61 Å². The van der Waals surface area contributed by atoms with Crippen LogP contribution in [0, 0.1) is 11.7 Å². The van der Waals surface area contributed by atoms with Gasteiger partial charge in [-0.2, -0.15) is 13.9 Å². The molecule has 0 aliphatic rings. The number of methoxy groups -OCH3 is 1. The minimum absolute atomic E-state index is 0.101. The maximum atomic E-state index is 12.6. The topological polar surface area (TPSA) is 81.2 Å². The predicted octanol–water partition coefficient (Wildman–Crippen LogP) is 4.55. The Hall–Kier alpha value is -3.27. The van der Waals surface area contributed by atoms with Gasteiger partial charge in [0.05, 0.1) is 7.11 Å². The predicted molar refractivity (Wildman–Crippen MR) is 110 cm³/mol. The van der Waals surface area contributed by atoms with Crippen molar-refractivity contribution in [2.75, 3.05) is 12.4 Å². The standard InChI is InChI=1S/C20H20F2N4O3S/c1-12-3-5-13(6-4-12)18-24-25-20(30)26(18)10-9-17(27)23-14-7-8-15(28-2)16(11-14)29-19(21)22/h3-8,11,19H,9-10H2,1-2H3,(H,23,27)(H,25,30). The molecule has 1 heterocycles. The van der Waals surface area contributed by atoms with Gasteiger partial charge in [0.25, 0.3) is 0 Å². The summed E-state index contributed by atoms with van der Waals surface area (Å²) in [6, 6.07) is 12.0. The first kappa shape index (κ1) is 21.4. The molecule has 1 aromatic heterocycles. The smallest absolute Gasteiger partial charge is 0.387 e. The molecule has 0 saturated carbocycles. The molecule has 0 aliphatic heterocycles. The highest BCUT2D eigenvalue weighted by Gasteiger charge is 2.14. The number of benzene rings is 2. The maximum Gasteiger partial charge on any atom is 0.387 e. The summed E-state index contributed by atoms with van der Waals surface area (Å²) >= 11 is 5.28. The summed E-state index contributed by atoms with van der Waals surface area (Å²) in [5.41, 5.74) is 2.30. The van der Waals surface area contributed by atoms with Gasteiger partial charge in [-0.25, -0.2) is 0 Å². The summed E-state index contributed by atoms with van der Waals surface area (Å²) in [5.74, 6) is 0.288. The van der Waals surface area contributed by atoms with Gasteiger partial charge in [0.1, 0.15) is 0 Å². The number of hydrogen-bond acceptors (Lipinski definition) is 5. The number of rotatable bonds is 8. The molecule has 0 aliphatic carbocycles. The average molecular weight is 434 g/mol. The van der Waals surface area contributed by atoms with Crippen LogP contribution in [0.4, 0.5) is 14.5 Å². The van der Waals surface area contributed by atoms with E-state index in [-0.39, 0.29) is 23.8 Å². The van der Waals surface area contributed by atoms with E-state index in [1.807, 2.05) is 31.2 Å². The molecule has 3 rings (SSSR count). The summed E-state index contributed by atoms with van der Waals surface area (Å²) in [5, 5.41) is 9.65. The summed E-state index contributed by atoms with van der Waals surface area (Å²) in [4.78, 5) is 12.4. The number of H-pyrrole nitrogens is 1. The molecule has 30 heavy (non-hydrogen) atoms. The molecule has 7 nitrogen and oxygen atoms in total. The lowest BCUT2D eigenvalue weighted by Crippen LogP contribution is -2.15. The number of alkyl halides is 2. The van der Waals surface area contributed by atoms with E-state index >= 15 is 0 Å². The van der Waals surface area contributed by atoms with Crippen molar-refractivity contribution < 1.29 is 23.0 Å². The lowest BCUT2D eigenvalue weighted by atomic mass is 10.1. The molecule has 0 unspecified atom stereocenters. The number of nitrogens with one attached hydrogen (secondary N) is 2. The Bertz CT molecular complexity index is 1080. The summed E-state index contributed by atoms with van der Waals surface area (Å²) in [7, 11) is 1.34. The van der Waals surface area contributed by atoms with Gasteiger partial charge in [-0.15, -0.1) is 0 Å². The first-order chi connectivity index (χ1) is 14.4. The SMILES string of the molecule is COc1ccc(NC(=O)CCn2c(-c3ccc(C)cc3)n[nH]c2=S)cc1OC(F)F. The number of amides is 1. The number of halogens is 2. The zero-order valence-corrected chi connectivity index (χ0v) is 17.1. The Morgan fingerprint density at radius 2 is 1.97 bits per heavy atom. The van der Waals surface area contributed by atoms with E-state index in [0.717, 1.165) is 11.1 Å². The molecule has 1 amide bonds. The van der Waals surface area contributed by atoms with E-state index in [1.165, 1.54) is 25.3 Å². The van der Waals surface area contributed by atoms with E-state index < -0.39 is 6.61 Å². The van der Waals surface area contributed by atoms with Crippen molar-refractivity contribution in [3.05, 3.63) is 52.8 Å². The van der Waals surface area contributed by atoms with Crippen LogP contribution in [-0.4, -0.2) is 34.4 Å². The largest absolute Gasteiger partial charge is 0.493 e. The zero-order valence-electron chi connectivity index (χ0n) is 16.3. The van der Waals surface area contributed by atoms with Crippen molar-refractivity contribution in [3.63, 3.8) is 0 Å². The lowest BCUT2D eigenvalue weighted by molar-refractivity contribution is -0.116. The monoisotopic (exact) mass is 434 g/mol. The fourth-order valence-corrected chi connectivity index (χ4v) is 3.05. The molecule has 10 heteroatoms. The fraction of sp³-hybridized carbons (Fsp3) is 0.250. The Labute approximate surface area is 176 Å². The minimum Gasteiger partial charge on any atom is -0.493 e. The highest BCUT2D eigenvalue weighted by molar-refractivity contribution is 7.71. The van der Waals surface area contributed by atoms with Crippen LogP contribution in [0.2, 0.25) is 0 Å². The zero-order chi connectivity index (χ0) is 21.7. The first-order valence-corrected chi connectivity index (χ1v) is 9.43. The number of aryl methyl sites for hydroxylation is 1. The Morgan fingerprint density at radius 1 is 1.23 bits per heavy atom. The van der Waals surface area contributed by atoms with E-state index in [0.29, 0.717) is 22.8 Å². The molecule has 158 valence electrons. The van der Waals surface area contributed by atoms with Crippen molar-refractivity contribution in [3.8, 4) is 22.9 Å². The van der Waals surface area contributed by atoms with E-state index in [4.69, 9.17) is 17.0 Å². The fourth-order valence-electron chi connectivity index (χ4n) is 2.83. The van der Waals surface area contributed by atoms with Crippen LogP contribution in [0.3, 0.4) is 0 Å². The van der Waals surface area contributed by atoms with Gasteiger partial charge in [0.15, 0.2) is 22.1 Å². The van der Waals surface area contributed by atoms with E-state index in [9.17, 15) is 13.6 Å². The summed E-state index contributed by atoms with van der Waals surface area (Å²) in [6.07, 6.45) is 0.101. The van der Waals surface area contributed by atoms with Crippen LogP contribution in [0.25, 0.3) is 11.4 Å². The van der Waals surface area contributed by atoms with Gasteiger partial charge in [0, 0.05) is 30.3 Å². The Balaban J connectivity index is 1.69. The van der Waals surface area contributed by atoms with E-state index in [1.54, 1.807) is 4.57 Å². The summed E-state index contributed by atoms with van der Waals surface area (Å²) in [6.45, 7) is -0.726. The number of carbonyl (C=O) groups is 1. The quantitative estimate of drug-likeness (QED) is 0.508. The molecular formula is C20H20F2N4O3S. The highest BCUT2D eigenvalue weighted by Crippen LogP contribution is 2.31. The maximum absolute atomic E-state index is 12.6. The van der Waals surface area contributed by atoms with Gasteiger partial charge < -0.3 is 14.8 Å². The minimum atomic E-state index is -3.01.